The molecule has 0 spiro atoms. The molecule has 16 heavy (non-hydrogen) atoms. The summed E-state index contributed by atoms with van der Waals surface area (Å²) in [6.07, 6.45) is 7.89. The van der Waals surface area contributed by atoms with Crippen LogP contribution < -0.4 is 37.2 Å². The van der Waals surface area contributed by atoms with Crippen molar-refractivity contribution in [1.29, 1.82) is 0 Å². The molecule has 0 unspecified atom stereocenters. The monoisotopic (exact) mass is 319 g/mol. The Labute approximate surface area is 127 Å². The fourth-order valence-corrected chi connectivity index (χ4v) is 2.71. The molecule has 93 valence electrons. The molecule has 0 heterocycles. The van der Waals surface area contributed by atoms with Gasteiger partial charge in [0.15, 0.2) is 0 Å². The maximum absolute atomic E-state index is 5.67. The van der Waals surface area contributed by atoms with Gasteiger partial charge in [-0.05, 0) is 0 Å². The summed E-state index contributed by atoms with van der Waals surface area (Å²) in [4.78, 5) is 0. The number of allylic oxidation sites excluding steroid dienone is 4. The van der Waals surface area contributed by atoms with E-state index in [4.69, 9.17) is 4.74 Å². The SMILES string of the molecule is CC(C)(C)OC[CH2][Ti+3][C]1=CC=CC1.[Cl-].[Cl-].[Cl-]. The molecular weight excluding hydrogens is 302 g/mol. The molecule has 1 nitrogen and oxygen atoms in total. The van der Waals surface area contributed by atoms with Gasteiger partial charge in [-0.15, -0.1) is 0 Å². The van der Waals surface area contributed by atoms with E-state index in [-0.39, 0.29) is 62.0 Å². The molecule has 1 aliphatic rings. The average molecular weight is 320 g/mol. The second-order valence-electron chi connectivity index (χ2n) is 4.21. The van der Waals surface area contributed by atoms with E-state index in [1.165, 1.54) is 11.1 Å². The van der Waals surface area contributed by atoms with Crippen LogP contribution in [0.5, 0.6) is 0 Å². The predicted octanol–water partition coefficient (Wildman–Crippen LogP) is -5.84. The number of halogens is 3. The molecule has 0 aromatic carbocycles. The maximum atomic E-state index is 5.67. The van der Waals surface area contributed by atoms with Crippen LogP contribution in [0.1, 0.15) is 27.2 Å². The Bertz CT molecular complexity index is 222. The van der Waals surface area contributed by atoms with E-state index < -0.39 is 0 Å². The van der Waals surface area contributed by atoms with E-state index in [2.05, 4.69) is 39.0 Å². The van der Waals surface area contributed by atoms with Crippen LogP contribution >= 0.6 is 0 Å². The fraction of sp³-hybridized carbons (Fsp3) is 0.636. The minimum absolute atomic E-state index is 0. The van der Waals surface area contributed by atoms with E-state index in [0.717, 1.165) is 6.61 Å². The summed E-state index contributed by atoms with van der Waals surface area (Å²) in [6, 6.07) is 0. The number of rotatable bonds is 4. The van der Waals surface area contributed by atoms with E-state index >= 15 is 0 Å². The molecule has 0 fully saturated rings. The molecule has 0 amide bonds. The van der Waals surface area contributed by atoms with Crippen LogP contribution in [0.25, 0.3) is 0 Å². The van der Waals surface area contributed by atoms with Gasteiger partial charge in [0.05, 0.1) is 0 Å². The van der Waals surface area contributed by atoms with Crippen molar-refractivity contribution < 1.29 is 61.1 Å². The Kier molecular flexibility index (Phi) is 15.5. The normalized spacial score (nSPS) is 12.8. The third kappa shape index (κ3) is 11.5. The Hall–Kier alpha value is 1.02. The van der Waals surface area contributed by atoms with Crippen molar-refractivity contribution in [3.63, 3.8) is 0 Å². The molecule has 0 bridgehead atoms. The number of hydrogen-bond acceptors (Lipinski definition) is 1. The number of hydrogen-bond donors (Lipinski definition) is 0. The standard InChI is InChI=1S/C6H13O.C5H5.3ClH.Ti/c1-5-7-6(2,3)4;1-2-4-5-3-1;;;;/h1,5H2,2-4H3;1-3H,4H2;3*1H;/q;;;;;+3/p-3. The van der Waals surface area contributed by atoms with Crippen molar-refractivity contribution in [2.75, 3.05) is 6.61 Å². The van der Waals surface area contributed by atoms with E-state index in [0.29, 0.717) is 0 Å². The van der Waals surface area contributed by atoms with Crippen molar-refractivity contribution in [2.45, 2.75) is 37.5 Å². The van der Waals surface area contributed by atoms with Gasteiger partial charge in [-0.25, -0.2) is 0 Å². The first-order valence-electron chi connectivity index (χ1n) is 4.81. The van der Waals surface area contributed by atoms with Gasteiger partial charge in [-0.3, -0.25) is 0 Å². The zero-order valence-electron chi connectivity index (χ0n) is 9.90. The second kappa shape index (κ2) is 11.1. The first kappa shape index (κ1) is 22.2. The average Bonchev–Trinajstić information content (AvgIpc) is 2.48. The van der Waals surface area contributed by atoms with Gasteiger partial charge in [0.2, 0.25) is 0 Å². The summed E-state index contributed by atoms with van der Waals surface area (Å²) in [5.74, 6) is 0. The molecule has 1 rings (SSSR count). The third-order valence-electron chi connectivity index (χ3n) is 1.76. The molecule has 0 radical (unpaired) electrons. The largest absolute Gasteiger partial charge is 1.00 e. The first-order valence-corrected chi connectivity index (χ1v) is 6.70. The summed E-state index contributed by atoms with van der Waals surface area (Å²) < 4.78 is 8.61. The first-order chi connectivity index (χ1) is 6.08. The quantitative estimate of drug-likeness (QED) is 0.370. The van der Waals surface area contributed by atoms with Crippen LogP contribution in [-0.4, -0.2) is 12.2 Å². The Morgan fingerprint density at radius 3 is 2.31 bits per heavy atom. The van der Waals surface area contributed by atoms with Crippen molar-refractivity contribution >= 4 is 0 Å². The molecule has 0 saturated heterocycles. The summed E-state index contributed by atoms with van der Waals surface area (Å²) in [5.41, 5.74) is 0.0362. The smallest absolute Gasteiger partial charge is 1.00 e. The zero-order chi connectivity index (χ0) is 9.73. The van der Waals surface area contributed by atoms with Crippen molar-refractivity contribution in [3.8, 4) is 0 Å². The summed E-state index contributed by atoms with van der Waals surface area (Å²) in [5, 5.41) is 0. The molecule has 0 aliphatic heterocycles. The van der Waals surface area contributed by atoms with Gasteiger partial charge < -0.3 is 37.2 Å². The minimum Gasteiger partial charge on any atom is -1.00 e. The second-order valence-corrected chi connectivity index (χ2v) is 6.55. The van der Waals surface area contributed by atoms with E-state index in [1.807, 2.05) is 0 Å². The maximum Gasteiger partial charge on any atom is -1.00 e. The van der Waals surface area contributed by atoms with Crippen LogP contribution in [0.15, 0.2) is 22.1 Å². The molecule has 0 atom stereocenters. The molecule has 5 heteroatoms. The summed E-state index contributed by atoms with van der Waals surface area (Å²) in [7, 11) is 0. The van der Waals surface area contributed by atoms with Crippen LogP contribution in [0.2, 0.25) is 4.73 Å². The zero-order valence-corrected chi connectivity index (χ0v) is 13.7. The van der Waals surface area contributed by atoms with Crippen LogP contribution in [0.3, 0.4) is 0 Å². The molecule has 0 aromatic rings. The van der Waals surface area contributed by atoms with Gasteiger partial charge in [0, 0.05) is 0 Å². The molecule has 0 N–H and O–H groups in total. The van der Waals surface area contributed by atoms with Crippen molar-refractivity contribution in [2.24, 2.45) is 0 Å². The van der Waals surface area contributed by atoms with Gasteiger partial charge in [0.1, 0.15) is 0 Å². The van der Waals surface area contributed by atoms with Gasteiger partial charge in [-0.2, -0.15) is 0 Å². The molecule has 1 aliphatic carbocycles. The fourth-order valence-electron chi connectivity index (χ4n) is 1.15. The van der Waals surface area contributed by atoms with Crippen LogP contribution in [0.4, 0.5) is 0 Å². The van der Waals surface area contributed by atoms with Crippen LogP contribution in [-0.2, 0) is 23.9 Å². The topological polar surface area (TPSA) is 9.23 Å². The number of ether oxygens (including phenoxy) is 1. The predicted molar refractivity (Wildman–Crippen MR) is 52.4 cm³/mol. The minimum atomic E-state index is 0. The Balaban J connectivity index is -0.000000563. The van der Waals surface area contributed by atoms with Gasteiger partial charge in [0.25, 0.3) is 0 Å². The van der Waals surface area contributed by atoms with Crippen molar-refractivity contribution in [1.82, 2.24) is 0 Å². The van der Waals surface area contributed by atoms with Gasteiger partial charge in [-0.1, -0.05) is 0 Å². The third-order valence-corrected chi connectivity index (χ3v) is 3.76. The van der Waals surface area contributed by atoms with E-state index in [1.54, 1.807) is 3.88 Å². The Morgan fingerprint density at radius 2 is 1.88 bits per heavy atom. The molecular formula is C11H18Cl3OTi. The van der Waals surface area contributed by atoms with Crippen LogP contribution in [0, 0.1) is 0 Å². The molecule has 0 aromatic heterocycles. The van der Waals surface area contributed by atoms with Gasteiger partial charge >= 0.3 is 90.1 Å². The summed E-state index contributed by atoms with van der Waals surface area (Å²) >= 11 is 0.112. The van der Waals surface area contributed by atoms with Crippen molar-refractivity contribution in [3.05, 3.63) is 22.1 Å². The molecule has 0 saturated carbocycles. The Morgan fingerprint density at radius 1 is 1.25 bits per heavy atom. The van der Waals surface area contributed by atoms with E-state index in [9.17, 15) is 0 Å². The summed E-state index contributed by atoms with van der Waals surface area (Å²) in [6.45, 7) is 7.27.